The lowest BCUT2D eigenvalue weighted by molar-refractivity contribution is 0.207. The molecule has 1 aliphatic rings. The molecule has 1 fully saturated rings. The number of hydrogen-bond donors (Lipinski definition) is 2. The molecule has 2 N–H and O–H groups in total. The zero-order chi connectivity index (χ0) is 13.3. The summed E-state index contributed by atoms with van der Waals surface area (Å²) in [7, 11) is 0. The van der Waals surface area contributed by atoms with Crippen LogP contribution >= 0.6 is 0 Å². The van der Waals surface area contributed by atoms with Crippen molar-refractivity contribution in [3.63, 3.8) is 0 Å². The molecule has 0 amide bonds. The molecule has 19 heavy (non-hydrogen) atoms. The molecule has 100 valence electrons. The number of phenolic OH excluding ortho intramolecular Hbond substituents is 1. The molecule has 1 aromatic heterocycles. The summed E-state index contributed by atoms with van der Waals surface area (Å²) in [4.78, 5) is 4.47. The Kier molecular flexibility index (Phi) is 2.98. The number of benzene rings is 1. The minimum atomic E-state index is -0.236. The number of aromatic hydroxyl groups is 1. The molecule has 5 heteroatoms. The molecule has 2 heterocycles. The van der Waals surface area contributed by atoms with Crippen molar-refractivity contribution in [1.29, 1.82) is 0 Å². The summed E-state index contributed by atoms with van der Waals surface area (Å²) in [5.41, 5.74) is 0.523. The number of phenols is 1. The molecule has 0 radical (unpaired) electrons. The van der Waals surface area contributed by atoms with Gasteiger partial charge in [-0.3, -0.25) is 0 Å². The highest BCUT2D eigenvalue weighted by atomic mass is 16.5. The highest BCUT2D eigenvalue weighted by Gasteiger charge is 2.34. The first-order chi connectivity index (χ1) is 9.17. The first kappa shape index (κ1) is 12.2. The molecule has 0 aliphatic carbocycles. The van der Waals surface area contributed by atoms with E-state index in [2.05, 4.69) is 22.4 Å². The first-order valence-corrected chi connectivity index (χ1v) is 6.56. The zero-order valence-corrected chi connectivity index (χ0v) is 10.9. The maximum Gasteiger partial charge on any atom is 0.246 e. The summed E-state index contributed by atoms with van der Waals surface area (Å²) >= 11 is 0. The van der Waals surface area contributed by atoms with E-state index in [1.807, 2.05) is 6.07 Å². The van der Waals surface area contributed by atoms with Gasteiger partial charge in [0.15, 0.2) is 0 Å². The minimum absolute atomic E-state index is 0.200. The van der Waals surface area contributed by atoms with Gasteiger partial charge in [-0.1, -0.05) is 17.3 Å². The number of piperidine rings is 1. The van der Waals surface area contributed by atoms with E-state index in [-0.39, 0.29) is 11.3 Å². The van der Waals surface area contributed by atoms with Gasteiger partial charge in [0.05, 0.1) is 5.54 Å². The Labute approximate surface area is 111 Å². The highest BCUT2D eigenvalue weighted by Crippen LogP contribution is 2.30. The van der Waals surface area contributed by atoms with Crippen molar-refractivity contribution >= 4 is 0 Å². The SMILES string of the molecule is CC1(c2nc(-c3cccc(O)c3)no2)CCCCN1. The minimum Gasteiger partial charge on any atom is -0.508 e. The second-order valence-electron chi connectivity index (χ2n) is 5.19. The fourth-order valence-electron chi connectivity index (χ4n) is 2.45. The van der Waals surface area contributed by atoms with E-state index < -0.39 is 0 Å². The summed E-state index contributed by atoms with van der Waals surface area (Å²) in [6.07, 6.45) is 3.34. The Hall–Kier alpha value is -1.88. The molecule has 0 bridgehead atoms. The molecule has 1 aromatic carbocycles. The van der Waals surface area contributed by atoms with Crippen LogP contribution in [0.3, 0.4) is 0 Å². The molecular weight excluding hydrogens is 242 g/mol. The molecule has 1 unspecified atom stereocenters. The molecular formula is C14H17N3O2. The van der Waals surface area contributed by atoms with Crippen LogP contribution in [-0.2, 0) is 5.54 Å². The van der Waals surface area contributed by atoms with E-state index in [1.54, 1.807) is 18.2 Å². The van der Waals surface area contributed by atoms with Crippen molar-refractivity contribution < 1.29 is 9.63 Å². The van der Waals surface area contributed by atoms with Gasteiger partial charge >= 0.3 is 0 Å². The molecule has 1 saturated heterocycles. The van der Waals surface area contributed by atoms with E-state index in [9.17, 15) is 5.11 Å². The van der Waals surface area contributed by atoms with Crippen LogP contribution in [0.2, 0.25) is 0 Å². The van der Waals surface area contributed by atoms with Gasteiger partial charge in [0.2, 0.25) is 11.7 Å². The average molecular weight is 259 g/mol. The number of rotatable bonds is 2. The zero-order valence-electron chi connectivity index (χ0n) is 10.9. The number of aromatic nitrogens is 2. The first-order valence-electron chi connectivity index (χ1n) is 6.56. The monoisotopic (exact) mass is 259 g/mol. The van der Waals surface area contributed by atoms with E-state index in [4.69, 9.17) is 4.52 Å². The van der Waals surface area contributed by atoms with Crippen molar-refractivity contribution in [2.75, 3.05) is 6.54 Å². The van der Waals surface area contributed by atoms with Crippen LogP contribution in [0, 0.1) is 0 Å². The van der Waals surface area contributed by atoms with Crippen molar-refractivity contribution in [2.45, 2.75) is 31.7 Å². The van der Waals surface area contributed by atoms with E-state index in [1.165, 1.54) is 6.42 Å². The van der Waals surface area contributed by atoms with Gasteiger partial charge in [-0.25, -0.2) is 0 Å². The van der Waals surface area contributed by atoms with E-state index >= 15 is 0 Å². The largest absolute Gasteiger partial charge is 0.508 e. The summed E-state index contributed by atoms with van der Waals surface area (Å²) in [6.45, 7) is 3.06. The maximum atomic E-state index is 9.48. The van der Waals surface area contributed by atoms with Gasteiger partial charge in [0, 0.05) is 5.56 Å². The van der Waals surface area contributed by atoms with Crippen molar-refractivity contribution in [2.24, 2.45) is 0 Å². The number of nitrogens with one attached hydrogen (secondary N) is 1. The van der Waals surface area contributed by atoms with Gasteiger partial charge in [0.25, 0.3) is 0 Å². The summed E-state index contributed by atoms with van der Waals surface area (Å²) in [5, 5.41) is 16.9. The number of hydrogen-bond acceptors (Lipinski definition) is 5. The highest BCUT2D eigenvalue weighted by molar-refractivity contribution is 5.56. The van der Waals surface area contributed by atoms with Gasteiger partial charge in [-0.2, -0.15) is 4.98 Å². The Morgan fingerprint density at radius 1 is 1.37 bits per heavy atom. The van der Waals surface area contributed by atoms with Gasteiger partial charge in [-0.05, 0) is 44.9 Å². The second kappa shape index (κ2) is 4.66. The van der Waals surface area contributed by atoms with Crippen LogP contribution in [0.4, 0.5) is 0 Å². The second-order valence-corrected chi connectivity index (χ2v) is 5.19. The Balaban J connectivity index is 1.91. The van der Waals surface area contributed by atoms with Crippen LogP contribution in [0.5, 0.6) is 5.75 Å². The van der Waals surface area contributed by atoms with E-state index in [0.29, 0.717) is 11.7 Å². The molecule has 3 rings (SSSR count). The lowest BCUT2D eigenvalue weighted by Gasteiger charge is -2.31. The van der Waals surface area contributed by atoms with Crippen LogP contribution in [0.15, 0.2) is 28.8 Å². The predicted octanol–water partition coefficient (Wildman–Crippen LogP) is 2.43. The van der Waals surface area contributed by atoms with Crippen molar-refractivity contribution in [3.8, 4) is 17.1 Å². The fourth-order valence-corrected chi connectivity index (χ4v) is 2.45. The normalized spacial score (nSPS) is 23.4. The van der Waals surface area contributed by atoms with Crippen LogP contribution < -0.4 is 5.32 Å². The summed E-state index contributed by atoms with van der Waals surface area (Å²) in [6, 6.07) is 6.87. The number of nitrogens with zero attached hydrogens (tertiary/aromatic N) is 2. The smallest absolute Gasteiger partial charge is 0.246 e. The molecule has 0 saturated carbocycles. The standard InChI is InChI=1S/C14H17N3O2/c1-14(7-2-3-8-15-14)13-16-12(17-19-13)10-5-4-6-11(18)9-10/h4-6,9,15,18H,2-3,7-8H2,1H3. The lowest BCUT2D eigenvalue weighted by Crippen LogP contribution is -2.43. The van der Waals surface area contributed by atoms with Crippen molar-refractivity contribution in [1.82, 2.24) is 15.5 Å². The van der Waals surface area contributed by atoms with Gasteiger partial charge in [0.1, 0.15) is 5.75 Å². The van der Waals surface area contributed by atoms with Crippen LogP contribution in [-0.4, -0.2) is 21.8 Å². The average Bonchev–Trinajstić information content (AvgIpc) is 2.90. The lowest BCUT2D eigenvalue weighted by atomic mass is 9.91. The third kappa shape index (κ3) is 2.33. The Bertz CT molecular complexity index is 574. The molecule has 1 aliphatic heterocycles. The van der Waals surface area contributed by atoms with E-state index in [0.717, 1.165) is 24.9 Å². The topological polar surface area (TPSA) is 71.2 Å². The predicted molar refractivity (Wildman–Crippen MR) is 70.6 cm³/mol. The molecule has 5 nitrogen and oxygen atoms in total. The fraction of sp³-hybridized carbons (Fsp3) is 0.429. The molecule has 2 aromatic rings. The maximum absolute atomic E-state index is 9.48. The van der Waals surface area contributed by atoms with Crippen LogP contribution in [0.1, 0.15) is 32.1 Å². The third-order valence-electron chi connectivity index (χ3n) is 3.62. The van der Waals surface area contributed by atoms with Crippen LogP contribution in [0.25, 0.3) is 11.4 Å². The summed E-state index contributed by atoms with van der Waals surface area (Å²) in [5.74, 6) is 1.33. The van der Waals surface area contributed by atoms with Gasteiger partial charge in [-0.15, -0.1) is 0 Å². The van der Waals surface area contributed by atoms with Gasteiger partial charge < -0.3 is 14.9 Å². The molecule has 0 spiro atoms. The molecule has 1 atom stereocenters. The summed E-state index contributed by atoms with van der Waals surface area (Å²) < 4.78 is 5.40. The Morgan fingerprint density at radius 2 is 2.26 bits per heavy atom. The van der Waals surface area contributed by atoms with Crippen molar-refractivity contribution in [3.05, 3.63) is 30.2 Å². The quantitative estimate of drug-likeness (QED) is 0.866. The third-order valence-corrected chi connectivity index (χ3v) is 3.62. The Morgan fingerprint density at radius 3 is 3.00 bits per heavy atom.